The second-order valence-corrected chi connectivity index (χ2v) is 13.2. The van der Waals surface area contributed by atoms with Gasteiger partial charge < -0.3 is 29.8 Å². The number of anilines is 1. The fraction of sp³-hybridized carbons (Fsp3) is 0.389. The van der Waals surface area contributed by atoms with E-state index < -0.39 is 35.5 Å². The Morgan fingerprint density at radius 1 is 1.12 bits per heavy atom. The Morgan fingerprint density at radius 2 is 1.96 bits per heavy atom. The van der Waals surface area contributed by atoms with Gasteiger partial charge in [0.1, 0.15) is 29.5 Å². The maximum atomic E-state index is 14.4. The van der Waals surface area contributed by atoms with Gasteiger partial charge in [-0.05, 0) is 56.0 Å². The molecule has 3 aliphatic rings. The summed E-state index contributed by atoms with van der Waals surface area (Å²) in [5.74, 6) is -0.132. The predicted octanol–water partition coefficient (Wildman–Crippen LogP) is 5.13. The highest BCUT2D eigenvalue weighted by molar-refractivity contribution is 7.11. The van der Waals surface area contributed by atoms with Crippen LogP contribution in [-0.4, -0.2) is 65.0 Å². The van der Waals surface area contributed by atoms with Crippen LogP contribution in [0.3, 0.4) is 0 Å². The second-order valence-electron chi connectivity index (χ2n) is 12.3. The number of benzene rings is 2. The first-order chi connectivity index (χ1) is 23.4. The smallest absolute Gasteiger partial charge is 0.278 e. The topological polar surface area (TPSA) is 131 Å². The van der Waals surface area contributed by atoms with Crippen LogP contribution in [0.1, 0.15) is 50.6 Å². The Balaban J connectivity index is 1.27. The number of nitrogens with zero attached hydrogens (tertiary/aromatic N) is 2. The van der Waals surface area contributed by atoms with Crippen molar-refractivity contribution in [1.29, 1.82) is 0 Å². The highest BCUT2D eigenvalue weighted by atomic mass is 32.1. The number of rotatable bonds is 9. The first kappa shape index (κ1) is 33.1. The number of hydrogen-bond donors (Lipinski definition) is 3. The van der Waals surface area contributed by atoms with E-state index in [4.69, 9.17) is 14.3 Å². The number of carbonyl (C=O) groups is 3. The Bertz CT molecular complexity index is 1650. The standard InChI is InChI=1S/C36H41N5O6S/c1-3-25-23-48-35(38-25)46-29-20-31-32(42)39-36(34(44)40-47-27-15-9-7-10-16-27)21-24(36)13-8-5-4-6-11-18-30(33(43)41(31)22-29)37-26-14-12-17-28(19-26)45-2/h3,7-10,12-17,19,23-24,29-31,37H,1,4-6,11,18,20-22H2,2H3,(H,39,42)(H,40,44)/b13-8-/t24-,29-,30+,31+,36-/m1/s1. The lowest BCUT2D eigenvalue weighted by Crippen LogP contribution is -2.57. The summed E-state index contributed by atoms with van der Waals surface area (Å²) in [4.78, 5) is 53.9. The number of fused-ring (bicyclic) bond motifs is 2. The number of methoxy groups -OCH3 is 1. The monoisotopic (exact) mass is 671 g/mol. The molecule has 0 unspecified atom stereocenters. The minimum atomic E-state index is -1.21. The van der Waals surface area contributed by atoms with Gasteiger partial charge >= 0.3 is 0 Å². The molecule has 1 aromatic heterocycles. The molecule has 2 aliphatic heterocycles. The molecule has 3 N–H and O–H groups in total. The molecule has 3 amide bonds. The number of aromatic nitrogens is 1. The van der Waals surface area contributed by atoms with Crippen molar-refractivity contribution >= 4 is 40.8 Å². The van der Waals surface area contributed by atoms with Crippen molar-refractivity contribution in [2.24, 2.45) is 5.92 Å². The Morgan fingerprint density at radius 3 is 2.75 bits per heavy atom. The molecular formula is C36H41N5O6S. The molecular weight excluding hydrogens is 630 g/mol. The summed E-state index contributed by atoms with van der Waals surface area (Å²) in [5.41, 5.74) is 2.78. The lowest BCUT2D eigenvalue weighted by molar-refractivity contribution is -0.141. The van der Waals surface area contributed by atoms with E-state index in [9.17, 15) is 14.4 Å². The lowest BCUT2D eigenvalue weighted by atomic mass is 10.0. The summed E-state index contributed by atoms with van der Waals surface area (Å²) >= 11 is 1.34. The zero-order valence-electron chi connectivity index (χ0n) is 26.9. The minimum Gasteiger partial charge on any atom is -0.497 e. The summed E-state index contributed by atoms with van der Waals surface area (Å²) in [6.45, 7) is 3.96. The van der Waals surface area contributed by atoms with Gasteiger partial charge in [0.05, 0.1) is 19.3 Å². The van der Waals surface area contributed by atoms with Gasteiger partial charge in [0.25, 0.3) is 11.1 Å². The van der Waals surface area contributed by atoms with Gasteiger partial charge in [0.15, 0.2) is 5.75 Å². The average Bonchev–Trinajstić information content (AvgIpc) is 3.39. The van der Waals surface area contributed by atoms with Crippen molar-refractivity contribution in [3.05, 3.63) is 84.4 Å². The number of carbonyl (C=O) groups excluding carboxylic acids is 3. The van der Waals surface area contributed by atoms with Gasteiger partial charge in [0.2, 0.25) is 11.8 Å². The molecule has 5 atom stereocenters. The first-order valence-corrected chi connectivity index (χ1v) is 17.2. The molecule has 0 radical (unpaired) electrons. The molecule has 1 aliphatic carbocycles. The van der Waals surface area contributed by atoms with Crippen LogP contribution in [0, 0.1) is 5.92 Å². The normalized spacial score (nSPS) is 26.4. The van der Waals surface area contributed by atoms with Gasteiger partial charge in [0, 0.05) is 29.5 Å². The molecule has 3 heterocycles. The second kappa shape index (κ2) is 14.9. The van der Waals surface area contributed by atoms with Crippen molar-refractivity contribution in [3.8, 4) is 16.7 Å². The molecule has 12 heteroatoms. The molecule has 3 aromatic rings. The van der Waals surface area contributed by atoms with E-state index in [2.05, 4.69) is 33.8 Å². The number of hydroxylamine groups is 1. The van der Waals surface area contributed by atoms with Crippen molar-refractivity contribution in [3.63, 3.8) is 0 Å². The number of amides is 3. The van der Waals surface area contributed by atoms with Crippen LogP contribution in [0.25, 0.3) is 6.08 Å². The molecule has 6 rings (SSSR count). The fourth-order valence-corrected chi connectivity index (χ4v) is 7.04. The van der Waals surface area contributed by atoms with Crippen molar-refractivity contribution in [2.45, 2.75) is 68.7 Å². The Hall–Kier alpha value is -4.84. The van der Waals surface area contributed by atoms with E-state index in [1.807, 2.05) is 41.8 Å². The Kier molecular flexibility index (Phi) is 10.3. The summed E-state index contributed by atoms with van der Waals surface area (Å²) in [5, 5.41) is 8.74. The molecule has 0 bridgehead atoms. The number of para-hydroxylation sites is 1. The predicted molar refractivity (Wildman–Crippen MR) is 184 cm³/mol. The third kappa shape index (κ3) is 7.65. The number of hydrogen-bond acceptors (Lipinski definition) is 9. The van der Waals surface area contributed by atoms with Crippen molar-refractivity contribution in [2.75, 3.05) is 19.0 Å². The first-order valence-electron chi connectivity index (χ1n) is 16.3. The number of allylic oxidation sites excluding steroid dienone is 1. The van der Waals surface area contributed by atoms with Crippen LogP contribution in [0.2, 0.25) is 0 Å². The lowest BCUT2D eigenvalue weighted by Gasteiger charge is -2.30. The fourth-order valence-electron chi connectivity index (χ4n) is 6.32. The van der Waals surface area contributed by atoms with E-state index >= 15 is 0 Å². The maximum absolute atomic E-state index is 14.4. The van der Waals surface area contributed by atoms with E-state index in [1.165, 1.54) is 11.3 Å². The van der Waals surface area contributed by atoms with Crippen molar-refractivity contribution < 1.29 is 28.7 Å². The van der Waals surface area contributed by atoms with E-state index in [-0.39, 0.29) is 24.8 Å². The van der Waals surface area contributed by atoms with Gasteiger partial charge in [-0.2, -0.15) is 5.48 Å². The number of thiazole rings is 1. The van der Waals surface area contributed by atoms with Gasteiger partial charge in [-0.1, -0.05) is 67.2 Å². The number of ether oxygens (including phenoxy) is 2. The van der Waals surface area contributed by atoms with Gasteiger partial charge in [-0.15, -0.1) is 0 Å². The third-order valence-electron chi connectivity index (χ3n) is 9.04. The average molecular weight is 672 g/mol. The highest BCUT2D eigenvalue weighted by Crippen LogP contribution is 2.45. The van der Waals surface area contributed by atoms with Crippen LogP contribution in [-0.2, 0) is 14.4 Å². The molecule has 2 aromatic carbocycles. The molecule has 1 saturated carbocycles. The van der Waals surface area contributed by atoms with Crippen LogP contribution < -0.4 is 30.4 Å². The molecule has 2 fully saturated rings. The summed E-state index contributed by atoms with van der Waals surface area (Å²) < 4.78 is 11.6. The molecule has 252 valence electrons. The largest absolute Gasteiger partial charge is 0.497 e. The van der Waals surface area contributed by atoms with Crippen LogP contribution in [0.15, 0.2) is 78.7 Å². The highest BCUT2D eigenvalue weighted by Gasteiger charge is 2.61. The summed E-state index contributed by atoms with van der Waals surface area (Å²) in [6.07, 6.45) is 10.0. The van der Waals surface area contributed by atoms with E-state index in [0.717, 1.165) is 31.4 Å². The summed E-state index contributed by atoms with van der Waals surface area (Å²) in [6, 6.07) is 14.9. The third-order valence-corrected chi connectivity index (χ3v) is 9.79. The van der Waals surface area contributed by atoms with Crippen molar-refractivity contribution in [1.82, 2.24) is 20.7 Å². The van der Waals surface area contributed by atoms with Crippen LogP contribution in [0.5, 0.6) is 16.7 Å². The zero-order valence-corrected chi connectivity index (χ0v) is 27.7. The zero-order chi connectivity index (χ0) is 33.5. The van der Waals surface area contributed by atoms with E-state index in [0.29, 0.717) is 35.2 Å². The van der Waals surface area contributed by atoms with Crippen LogP contribution in [0.4, 0.5) is 5.69 Å². The quantitative estimate of drug-likeness (QED) is 0.211. The molecule has 11 nitrogen and oxygen atoms in total. The van der Waals surface area contributed by atoms with Gasteiger partial charge in [-0.25, -0.2) is 4.98 Å². The number of nitrogens with one attached hydrogen (secondary N) is 3. The molecule has 48 heavy (non-hydrogen) atoms. The van der Waals surface area contributed by atoms with Crippen LogP contribution >= 0.6 is 11.3 Å². The molecule has 0 spiro atoms. The Labute approximate surface area is 284 Å². The summed E-state index contributed by atoms with van der Waals surface area (Å²) in [7, 11) is 1.60. The maximum Gasteiger partial charge on any atom is 0.278 e. The van der Waals surface area contributed by atoms with E-state index in [1.54, 1.807) is 42.4 Å². The minimum absolute atomic E-state index is 0.190. The molecule has 1 saturated heterocycles. The SMILES string of the molecule is C=Cc1csc(O[C@@H]2C[C@H]3C(=O)N[C@]4(C(=O)NOc5ccccc5)C[C@H]4/C=C\CCCCC[C@H](Nc4cccc(OC)c4)C(=O)N3C2)n1. The van der Waals surface area contributed by atoms with Gasteiger partial charge in [-0.3, -0.25) is 14.4 Å².